The predicted molar refractivity (Wildman–Crippen MR) is 87.4 cm³/mol. The van der Waals surface area contributed by atoms with Gasteiger partial charge in [0.2, 0.25) is 0 Å². The number of anilines is 2. The van der Waals surface area contributed by atoms with Crippen LogP contribution in [0.15, 0.2) is 47.4 Å². The van der Waals surface area contributed by atoms with Crippen LogP contribution in [0, 0.1) is 0 Å². The van der Waals surface area contributed by atoms with Crippen molar-refractivity contribution in [1.82, 2.24) is 0 Å². The molecule has 2 aromatic rings. The lowest BCUT2D eigenvalue weighted by atomic mass is 10.2. The Balaban J connectivity index is 1.89. The summed E-state index contributed by atoms with van der Waals surface area (Å²) >= 11 is 0. The number of rotatable bonds is 3. The van der Waals surface area contributed by atoms with Crippen molar-refractivity contribution in [1.29, 1.82) is 0 Å². The molecule has 0 aromatic heterocycles. The van der Waals surface area contributed by atoms with E-state index >= 15 is 0 Å². The fraction of sp³-hybridized carbons (Fsp3) is 0.188. The summed E-state index contributed by atoms with van der Waals surface area (Å²) in [6, 6.07) is 7.56. The maximum Gasteiger partial charge on any atom is 0.416 e. The molecule has 0 fully saturated rings. The summed E-state index contributed by atoms with van der Waals surface area (Å²) in [6.45, 7) is 1.56. The Morgan fingerprint density at radius 1 is 1.15 bits per heavy atom. The average Bonchev–Trinajstić information content (AvgIpc) is 2.55. The van der Waals surface area contributed by atoms with Gasteiger partial charge in [0.1, 0.15) is 5.75 Å². The van der Waals surface area contributed by atoms with Gasteiger partial charge in [-0.05, 0) is 43.3 Å². The topological polar surface area (TPSA) is 84.5 Å². The molecule has 1 atom stereocenters. The van der Waals surface area contributed by atoms with E-state index in [0.29, 0.717) is 11.8 Å². The van der Waals surface area contributed by atoms with Gasteiger partial charge in [0.25, 0.3) is 15.9 Å². The highest BCUT2D eigenvalue weighted by Crippen LogP contribution is 2.34. The zero-order valence-electron chi connectivity index (χ0n) is 13.3. The van der Waals surface area contributed by atoms with Crippen LogP contribution in [0.25, 0.3) is 0 Å². The molecule has 1 unspecified atom stereocenters. The van der Waals surface area contributed by atoms with Gasteiger partial charge in [-0.15, -0.1) is 0 Å². The van der Waals surface area contributed by atoms with Crippen LogP contribution in [0.5, 0.6) is 5.75 Å². The summed E-state index contributed by atoms with van der Waals surface area (Å²) in [6.07, 6.45) is -5.34. The summed E-state index contributed by atoms with van der Waals surface area (Å²) in [4.78, 5) is 11.1. The van der Waals surface area contributed by atoms with Gasteiger partial charge in [-0.25, -0.2) is 8.42 Å². The highest BCUT2D eigenvalue weighted by molar-refractivity contribution is 7.92. The van der Waals surface area contributed by atoms with Gasteiger partial charge in [0, 0.05) is 0 Å². The molecule has 1 heterocycles. The number of alkyl halides is 3. The fourth-order valence-corrected chi connectivity index (χ4v) is 3.42. The standard InChI is InChI=1S/C16H13F3N2O4S/c1-9-15(22)20-13-8-11(5-6-14(13)25-9)21-26(23,24)12-4-2-3-10(7-12)16(17,18)19/h2-9,21H,1H3,(H,20,22). The number of carbonyl (C=O) groups excluding carboxylic acids is 1. The van der Waals surface area contributed by atoms with Crippen molar-refractivity contribution in [3.63, 3.8) is 0 Å². The molecule has 2 N–H and O–H groups in total. The second-order valence-electron chi connectivity index (χ2n) is 5.59. The number of hydrogen-bond donors (Lipinski definition) is 2. The maximum atomic E-state index is 12.8. The summed E-state index contributed by atoms with van der Waals surface area (Å²) in [7, 11) is -4.25. The highest BCUT2D eigenvalue weighted by Gasteiger charge is 2.32. The highest BCUT2D eigenvalue weighted by atomic mass is 32.2. The first kappa shape index (κ1) is 18.1. The predicted octanol–water partition coefficient (Wildman–Crippen LogP) is 3.23. The quantitative estimate of drug-likeness (QED) is 0.848. The molecule has 6 nitrogen and oxygen atoms in total. The van der Waals surface area contributed by atoms with E-state index in [1.807, 2.05) is 0 Å². The molecule has 10 heteroatoms. The Morgan fingerprint density at radius 3 is 2.58 bits per heavy atom. The second kappa shape index (κ2) is 6.20. The van der Waals surface area contributed by atoms with Gasteiger partial charge >= 0.3 is 6.18 Å². The lowest BCUT2D eigenvalue weighted by Gasteiger charge is -2.23. The van der Waals surface area contributed by atoms with E-state index < -0.39 is 38.7 Å². The molecule has 1 amide bonds. The van der Waals surface area contributed by atoms with Crippen LogP contribution in [-0.2, 0) is 21.0 Å². The summed E-state index contributed by atoms with van der Waals surface area (Å²) in [5.74, 6) is -0.0329. The third-order valence-electron chi connectivity index (χ3n) is 3.63. The average molecular weight is 386 g/mol. The number of nitrogens with one attached hydrogen (secondary N) is 2. The van der Waals surface area contributed by atoms with Gasteiger partial charge < -0.3 is 10.1 Å². The van der Waals surface area contributed by atoms with Crippen molar-refractivity contribution in [3.05, 3.63) is 48.0 Å². The molecule has 2 aromatic carbocycles. The fourth-order valence-electron chi connectivity index (χ4n) is 2.33. The van der Waals surface area contributed by atoms with Crippen molar-refractivity contribution in [2.24, 2.45) is 0 Å². The Labute approximate surface area is 147 Å². The van der Waals surface area contributed by atoms with Gasteiger partial charge in [0.05, 0.1) is 21.8 Å². The SMILES string of the molecule is CC1Oc2ccc(NS(=O)(=O)c3cccc(C(F)(F)F)c3)cc2NC1=O. The van der Waals surface area contributed by atoms with Crippen LogP contribution in [0.2, 0.25) is 0 Å². The van der Waals surface area contributed by atoms with Crippen LogP contribution in [-0.4, -0.2) is 20.4 Å². The largest absolute Gasteiger partial charge is 0.479 e. The lowest BCUT2D eigenvalue weighted by molar-refractivity contribution is -0.137. The molecule has 0 aliphatic carbocycles. The number of sulfonamides is 1. The molecule has 0 radical (unpaired) electrons. The molecular weight excluding hydrogens is 373 g/mol. The number of hydrogen-bond acceptors (Lipinski definition) is 4. The van der Waals surface area contributed by atoms with Crippen LogP contribution in [0.1, 0.15) is 12.5 Å². The van der Waals surface area contributed by atoms with Crippen molar-refractivity contribution < 1.29 is 31.1 Å². The van der Waals surface area contributed by atoms with Crippen LogP contribution in [0.4, 0.5) is 24.5 Å². The zero-order chi connectivity index (χ0) is 19.1. The van der Waals surface area contributed by atoms with E-state index in [4.69, 9.17) is 4.74 Å². The first-order chi connectivity index (χ1) is 12.1. The van der Waals surface area contributed by atoms with E-state index in [0.717, 1.165) is 18.2 Å². The zero-order valence-corrected chi connectivity index (χ0v) is 14.1. The van der Waals surface area contributed by atoms with Crippen LogP contribution >= 0.6 is 0 Å². The Bertz CT molecular complexity index is 974. The molecule has 0 bridgehead atoms. The number of carbonyl (C=O) groups is 1. The molecule has 138 valence electrons. The van der Waals surface area contributed by atoms with Gasteiger partial charge in [0.15, 0.2) is 6.10 Å². The van der Waals surface area contributed by atoms with Crippen molar-refractivity contribution in [2.75, 3.05) is 10.0 Å². The van der Waals surface area contributed by atoms with E-state index in [1.165, 1.54) is 18.2 Å². The Kier molecular flexibility index (Phi) is 4.31. The molecular formula is C16H13F3N2O4S. The Morgan fingerprint density at radius 2 is 1.88 bits per heavy atom. The molecule has 26 heavy (non-hydrogen) atoms. The molecule has 0 saturated heterocycles. The molecule has 0 spiro atoms. The van der Waals surface area contributed by atoms with Gasteiger partial charge in [-0.2, -0.15) is 13.2 Å². The van der Waals surface area contributed by atoms with Gasteiger partial charge in [-0.3, -0.25) is 9.52 Å². The molecule has 1 aliphatic rings. The smallest absolute Gasteiger partial charge is 0.416 e. The number of fused-ring (bicyclic) bond motifs is 1. The Hall–Kier alpha value is -2.75. The number of amides is 1. The minimum Gasteiger partial charge on any atom is -0.479 e. The summed E-state index contributed by atoms with van der Waals surface area (Å²) in [5, 5.41) is 2.56. The van der Waals surface area contributed by atoms with Crippen molar-refractivity contribution in [3.8, 4) is 5.75 Å². The minimum absolute atomic E-state index is 0.0691. The summed E-state index contributed by atoms with van der Waals surface area (Å²) in [5.41, 5.74) is -0.738. The minimum atomic E-state index is -4.66. The van der Waals surface area contributed by atoms with Gasteiger partial charge in [-0.1, -0.05) is 6.07 Å². The summed E-state index contributed by atoms with van der Waals surface area (Å²) < 4.78 is 70.6. The van der Waals surface area contributed by atoms with Crippen molar-refractivity contribution >= 4 is 27.3 Å². The third-order valence-corrected chi connectivity index (χ3v) is 5.01. The molecule has 0 saturated carbocycles. The number of benzene rings is 2. The lowest BCUT2D eigenvalue weighted by Crippen LogP contribution is -2.34. The first-order valence-corrected chi connectivity index (χ1v) is 8.86. The maximum absolute atomic E-state index is 12.8. The van der Waals surface area contributed by atoms with Crippen LogP contribution in [0.3, 0.4) is 0 Å². The monoisotopic (exact) mass is 386 g/mol. The number of halogens is 3. The van der Waals surface area contributed by atoms with E-state index in [9.17, 15) is 26.4 Å². The molecule has 1 aliphatic heterocycles. The second-order valence-corrected chi connectivity index (χ2v) is 7.27. The normalized spacial score (nSPS) is 17.1. The van der Waals surface area contributed by atoms with Crippen molar-refractivity contribution in [2.45, 2.75) is 24.1 Å². The first-order valence-electron chi connectivity index (χ1n) is 7.38. The third kappa shape index (κ3) is 3.59. The van der Waals surface area contributed by atoms with Crippen LogP contribution < -0.4 is 14.8 Å². The van der Waals surface area contributed by atoms with E-state index in [1.54, 1.807) is 6.92 Å². The molecule has 3 rings (SSSR count). The van der Waals surface area contributed by atoms with E-state index in [2.05, 4.69) is 10.0 Å². The number of ether oxygens (including phenoxy) is 1. The van der Waals surface area contributed by atoms with E-state index in [-0.39, 0.29) is 11.4 Å².